The Labute approximate surface area is 229 Å². The van der Waals surface area contributed by atoms with Crippen LogP contribution in [0.1, 0.15) is 40.7 Å². The number of hydrogen-bond acceptors (Lipinski definition) is 4. The van der Waals surface area contributed by atoms with Crippen LogP contribution in [0.25, 0.3) is 22.4 Å². The zero-order valence-electron chi connectivity index (χ0n) is 22.3. The Hall–Kier alpha value is -4.23. The van der Waals surface area contributed by atoms with E-state index in [-0.39, 0.29) is 10.6 Å². The Bertz CT molecular complexity index is 1760. The third kappa shape index (κ3) is 5.22. The van der Waals surface area contributed by atoms with Crippen LogP contribution in [0.4, 0.5) is 0 Å². The second kappa shape index (κ2) is 10.5. The van der Waals surface area contributed by atoms with E-state index in [1.54, 1.807) is 19.1 Å². The van der Waals surface area contributed by atoms with Gasteiger partial charge in [-0.25, -0.2) is 13.4 Å². The topological polar surface area (TPSA) is 95.0 Å². The molecule has 0 bridgehead atoms. The number of rotatable bonds is 8. The number of aryl methyl sites for hydroxylation is 2. The number of nitrogens with two attached hydrogens (primary N) is 1. The molecule has 1 unspecified atom stereocenters. The van der Waals surface area contributed by atoms with Gasteiger partial charge in [0.05, 0.1) is 27.6 Å². The first-order chi connectivity index (χ1) is 18.7. The standard InChI is InChI=1S/C32H31N3O3S/c1-4-39(37,38)27-16-14-25(15-17-27)30(31(33)36)24-10-12-26(13-11-24)32-34-28-18-21(2)22(3)19-29(28)35(32)20-23-8-6-5-7-9-23/h5-19,30H,4,20H2,1-3H3,(H2,33,36). The van der Waals surface area contributed by atoms with Crippen LogP contribution in [0, 0.1) is 13.8 Å². The molecule has 1 atom stereocenters. The summed E-state index contributed by atoms with van der Waals surface area (Å²) in [6.45, 7) is 6.48. The highest BCUT2D eigenvalue weighted by Crippen LogP contribution is 2.31. The Kier molecular flexibility index (Phi) is 7.10. The molecule has 0 saturated heterocycles. The molecule has 7 heteroatoms. The van der Waals surface area contributed by atoms with Crippen molar-refractivity contribution in [2.45, 2.75) is 38.1 Å². The van der Waals surface area contributed by atoms with Gasteiger partial charge in [0, 0.05) is 12.1 Å². The zero-order chi connectivity index (χ0) is 27.7. The third-order valence-corrected chi connectivity index (χ3v) is 9.04. The monoisotopic (exact) mass is 537 g/mol. The summed E-state index contributed by atoms with van der Waals surface area (Å²) in [6, 6.07) is 28.7. The number of aromatic nitrogens is 2. The van der Waals surface area contributed by atoms with Crippen LogP contribution in [-0.2, 0) is 21.2 Å². The third-order valence-electron chi connectivity index (χ3n) is 7.29. The van der Waals surface area contributed by atoms with Gasteiger partial charge in [0.1, 0.15) is 5.82 Å². The van der Waals surface area contributed by atoms with Gasteiger partial charge in [-0.2, -0.15) is 0 Å². The predicted molar refractivity (Wildman–Crippen MR) is 155 cm³/mol. The lowest BCUT2D eigenvalue weighted by Gasteiger charge is -2.16. The lowest BCUT2D eigenvalue weighted by Crippen LogP contribution is -2.22. The van der Waals surface area contributed by atoms with Gasteiger partial charge in [-0.05, 0) is 65.9 Å². The second-order valence-electron chi connectivity index (χ2n) is 9.86. The minimum absolute atomic E-state index is 0.0151. The smallest absolute Gasteiger partial charge is 0.229 e. The molecule has 0 saturated carbocycles. The van der Waals surface area contributed by atoms with E-state index in [4.69, 9.17) is 10.7 Å². The highest BCUT2D eigenvalue weighted by Gasteiger charge is 2.22. The number of carbonyl (C=O) groups excluding carboxylic acids is 1. The van der Waals surface area contributed by atoms with Crippen molar-refractivity contribution in [1.82, 2.24) is 9.55 Å². The summed E-state index contributed by atoms with van der Waals surface area (Å²) in [5.74, 6) is -0.349. The fraction of sp³-hybridized carbons (Fsp3) is 0.188. The number of sulfone groups is 1. The van der Waals surface area contributed by atoms with Crippen LogP contribution in [0.15, 0.2) is 95.9 Å². The first kappa shape index (κ1) is 26.4. The van der Waals surface area contributed by atoms with E-state index < -0.39 is 21.7 Å². The number of hydrogen-bond donors (Lipinski definition) is 1. The lowest BCUT2D eigenvalue weighted by atomic mass is 9.90. The number of primary amides is 1. The minimum Gasteiger partial charge on any atom is -0.369 e. The molecule has 6 nitrogen and oxygen atoms in total. The van der Waals surface area contributed by atoms with Gasteiger partial charge < -0.3 is 10.3 Å². The lowest BCUT2D eigenvalue weighted by molar-refractivity contribution is -0.118. The molecular formula is C32H31N3O3S. The SMILES string of the molecule is CCS(=O)(=O)c1ccc(C(C(N)=O)c2ccc(-c3nc4cc(C)c(C)cc4n3Cc3ccccc3)cc2)cc1. The van der Waals surface area contributed by atoms with Gasteiger partial charge in [-0.1, -0.05) is 73.7 Å². The average Bonchev–Trinajstić information content (AvgIpc) is 3.26. The van der Waals surface area contributed by atoms with Gasteiger partial charge >= 0.3 is 0 Å². The van der Waals surface area contributed by atoms with Gasteiger partial charge in [0.2, 0.25) is 5.91 Å². The summed E-state index contributed by atoms with van der Waals surface area (Å²) in [7, 11) is -3.33. The summed E-state index contributed by atoms with van der Waals surface area (Å²) in [6.07, 6.45) is 0. The first-order valence-electron chi connectivity index (χ1n) is 12.9. The number of imidazole rings is 1. The first-order valence-corrected chi connectivity index (χ1v) is 14.6. The Morgan fingerprint density at radius 3 is 2.05 bits per heavy atom. The van der Waals surface area contributed by atoms with Gasteiger partial charge in [0.15, 0.2) is 9.84 Å². The quantitative estimate of drug-likeness (QED) is 0.271. The number of fused-ring (bicyclic) bond motifs is 1. The molecule has 0 aliphatic rings. The number of benzene rings is 4. The van der Waals surface area contributed by atoms with Crippen molar-refractivity contribution < 1.29 is 13.2 Å². The fourth-order valence-electron chi connectivity index (χ4n) is 4.91. The summed E-state index contributed by atoms with van der Waals surface area (Å²) in [5, 5.41) is 0. The largest absolute Gasteiger partial charge is 0.369 e. The maximum absolute atomic E-state index is 12.5. The van der Waals surface area contributed by atoms with Crippen molar-refractivity contribution in [2.75, 3.05) is 5.75 Å². The van der Waals surface area contributed by atoms with Gasteiger partial charge in [-0.3, -0.25) is 4.79 Å². The maximum Gasteiger partial charge on any atom is 0.229 e. The number of amides is 1. The van der Waals surface area contributed by atoms with Crippen LogP contribution >= 0.6 is 0 Å². The summed E-state index contributed by atoms with van der Waals surface area (Å²) in [4.78, 5) is 17.8. The normalized spacial score (nSPS) is 12.5. The molecule has 1 amide bonds. The number of carbonyl (C=O) groups is 1. The molecule has 39 heavy (non-hydrogen) atoms. The summed E-state index contributed by atoms with van der Waals surface area (Å²) in [5.41, 5.74) is 13.7. The van der Waals surface area contributed by atoms with Crippen molar-refractivity contribution in [2.24, 2.45) is 5.73 Å². The highest BCUT2D eigenvalue weighted by molar-refractivity contribution is 7.91. The average molecular weight is 538 g/mol. The fourth-order valence-corrected chi connectivity index (χ4v) is 5.79. The van der Waals surface area contributed by atoms with E-state index in [0.29, 0.717) is 12.1 Å². The van der Waals surface area contributed by atoms with E-state index in [2.05, 4.69) is 42.7 Å². The molecule has 198 valence electrons. The molecule has 0 radical (unpaired) electrons. The molecule has 0 aliphatic heterocycles. The second-order valence-corrected chi connectivity index (χ2v) is 12.1. The Morgan fingerprint density at radius 1 is 0.872 bits per heavy atom. The van der Waals surface area contributed by atoms with Crippen LogP contribution in [0.2, 0.25) is 0 Å². The van der Waals surface area contributed by atoms with Crippen LogP contribution < -0.4 is 5.73 Å². The molecule has 4 aromatic carbocycles. The van der Waals surface area contributed by atoms with Crippen molar-refractivity contribution >= 4 is 26.8 Å². The van der Waals surface area contributed by atoms with E-state index in [1.807, 2.05) is 42.5 Å². The van der Waals surface area contributed by atoms with E-state index in [9.17, 15) is 13.2 Å². The Balaban J connectivity index is 1.54. The molecule has 1 heterocycles. The molecular weight excluding hydrogens is 506 g/mol. The van der Waals surface area contributed by atoms with Crippen LogP contribution in [0.3, 0.4) is 0 Å². The predicted octanol–water partition coefficient (Wildman–Crippen LogP) is 5.78. The van der Waals surface area contributed by atoms with Crippen molar-refractivity contribution in [3.63, 3.8) is 0 Å². The van der Waals surface area contributed by atoms with Crippen LogP contribution in [-0.4, -0.2) is 29.6 Å². The van der Waals surface area contributed by atoms with E-state index in [0.717, 1.165) is 28.0 Å². The summed E-state index contributed by atoms with van der Waals surface area (Å²) < 4.78 is 26.6. The van der Waals surface area contributed by atoms with Crippen molar-refractivity contribution in [1.29, 1.82) is 0 Å². The Morgan fingerprint density at radius 2 is 1.46 bits per heavy atom. The summed E-state index contributed by atoms with van der Waals surface area (Å²) >= 11 is 0. The van der Waals surface area contributed by atoms with Crippen LogP contribution in [0.5, 0.6) is 0 Å². The molecule has 0 aliphatic carbocycles. The molecule has 1 aromatic heterocycles. The van der Waals surface area contributed by atoms with Gasteiger partial charge in [-0.15, -0.1) is 0 Å². The van der Waals surface area contributed by atoms with E-state index >= 15 is 0 Å². The molecule has 5 aromatic rings. The minimum atomic E-state index is -3.33. The van der Waals surface area contributed by atoms with Crippen molar-refractivity contribution in [3.8, 4) is 11.4 Å². The van der Waals surface area contributed by atoms with Gasteiger partial charge in [0.25, 0.3) is 0 Å². The maximum atomic E-state index is 12.5. The molecule has 2 N–H and O–H groups in total. The molecule has 0 spiro atoms. The number of nitrogens with zero attached hydrogens (tertiary/aromatic N) is 2. The molecule has 5 rings (SSSR count). The highest BCUT2D eigenvalue weighted by atomic mass is 32.2. The van der Waals surface area contributed by atoms with E-state index in [1.165, 1.54) is 28.8 Å². The zero-order valence-corrected chi connectivity index (χ0v) is 23.1. The van der Waals surface area contributed by atoms with Crippen molar-refractivity contribution in [3.05, 3.63) is 119 Å². The molecule has 0 fully saturated rings.